The van der Waals surface area contributed by atoms with Gasteiger partial charge in [-0.3, -0.25) is 0 Å². The number of carbonyl (C=O) groups is 1. The summed E-state index contributed by atoms with van der Waals surface area (Å²) in [5, 5.41) is 14.3. The lowest BCUT2D eigenvalue weighted by Crippen LogP contribution is -2.22. The molecular formula is C20H24N2O2S2. The topological polar surface area (TPSA) is 62.2 Å². The van der Waals surface area contributed by atoms with Gasteiger partial charge >= 0.3 is 5.97 Å². The fourth-order valence-corrected chi connectivity index (χ4v) is 6.33. The molecule has 2 aromatic heterocycles. The van der Waals surface area contributed by atoms with Crippen molar-refractivity contribution in [3.63, 3.8) is 0 Å². The van der Waals surface area contributed by atoms with Crippen LogP contribution in [-0.4, -0.2) is 28.9 Å². The first-order valence-electron chi connectivity index (χ1n) is 9.08. The van der Waals surface area contributed by atoms with Gasteiger partial charge in [0.1, 0.15) is 0 Å². The van der Waals surface area contributed by atoms with E-state index in [1.165, 1.54) is 10.4 Å². The van der Waals surface area contributed by atoms with E-state index in [9.17, 15) is 9.90 Å². The molecule has 0 spiro atoms. The summed E-state index contributed by atoms with van der Waals surface area (Å²) in [6.07, 6.45) is 3.95. The molecule has 1 aliphatic heterocycles. The van der Waals surface area contributed by atoms with Crippen LogP contribution < -0.4 is 5.32 Å². The smallest absolute Gasteiger partial charge is 0.337 e. The molecule has 4 nitrogen and oxygen atoms in total. The van der Waals surface area contributed by atoms with E-state index in [1.54, 1.807) is 23.1 Å². The molecule has 4 rings (SSSR count). The number of aromatic nitrogens is 1. The van der Waals surface area contributed by atoms with Gasteiger partial charge in [0.05, 0.1) is 21.2 Å². The largest absolute Gasteiger partial charge is 0.478 e. The number of aromatic carboxylic acids is 1. The standard InChI is InChI=1S/C20H24N2O2S2/c1-20(2)6-4-14-13(9-20)15(19(23)24)17(26-14)16-12(10-21-3)8-11-5-7-25-18(11)22-16/h8,21H,4-7,9-10H2,1-3H3,(H,23,24). The minimum absolute atomic E-state index is 0.157. The third-order valence-corrected chi connectivity index (χ3v) is 7.66. The fraction of sp³-hybridized carbons (Fsp3) is 0.500. The molecule has 0 atom stereocenters. The van der Waals surface area contributed by atoms with E-state index in [0.29, 0.717) is 12.1 Å². The van der Waals surface area contributed by atoms with Gasteiger partial charge in [-0.05, 0) is 60.9 Å². The van der Waals surface area contributed by atoms with Crippen molar-refractivity contribution in [2.24, 2.45) is 5.41 Å². The number of aryl methyl sites for hydroxylation is 2. The van der Waals surface area contributed by atoms with Gasteiger partial charge in [-0.2, -0.15) is 0 Å². The van der Waals surface area contributed by atoms with Gasteiger partial charge in [0.2, 0.25) is 0 Å². The molecule has 26 heavy (non-hydrogen) atoms. The number of carboxylic acid groups (broad SMARTS) is 1. The van der Waals surface area contributed by atoms with Crippen molar-refractivity contribution >= 4 is 29.1 Å². The van der Waals surface area contributed by atoms with Gasteiger partial charge in [0.15, 0.2) is 0 Å². The number of fused-ring (bicyclic) bond motifs is 2. The van der Waals surface area contributed by atoms with E-state index < -0.39 is 5.97 Å². The third kappa shape index (κ3) is 3.08. The molecule has 0 fully saturated rings. The highest BCUT2D eigenvalue weighted by atomic mass is 32.2. The highest BCUT2D eigenvalue weighted by molar-refractivity contribution is 7.99. The summed E-state index contributed by atoms with van der Waals surface area (Å²) in [4.78, 5) is 19.2. The predicted octanol–water partition coefficient (Wildman–Crippen LogP) is 4.39. The first-order valence-corrected chi connectivity index (χ1v) is 10.9. The molecule has 2 aliphatic rings. The van der Waals surface area contributed by atoms with Crippen LogP contribution >= 0.6 is 23.1 Å². The number of rotatable bonds is 4. The van der Waals surface area contributed by atoms with Crippen LogP contribution in [0, 0.1) is 5.41 Å². The van der Waals surface area contributed by atoms with E-state index in [1.807, 2.05) is 7.05 Å². The number of thiophene rings is 1. The van der Waals surface area contributed by atoms with Gasteiger partial charge in [0, 0.05) is 17.2 Å². The van der Waals surface area contributed by atoms with Crippen molar-refractivity contribution in [1.82, 2.24) is 10.3 Å². The molecule has 0 saturated carbocycles. The fourth-order valence-electron chi connectivity index (χ4n) is 3.98. The van der Waals surface area contributed by atoms with Crippen LogP contribution in [0.1, 0.15) is 52.2 Å². The molecule has 0 radical (unpaired) electrons. The second-order valence-corrected chi connectivity index (χ2v) is 10.1. The molecule has 3 heterocycles. The predicted molar refractivity (Wildman–Crippen MR) is 108 cm³/mol. The highest BCUT2D eigenvalue weighted by Crippen LogP contribution is 2.46. The lowest BCUT2D eigenvalue weighted by atomic mass is 9.76. The summed E-state index contributed by atoms with van der Waals surface area (Å²) < 4.78 is 0. The van der Waals surface area contributed by atoms with Crippen LogP contribution in [0.15, 0.2) is 11.1 Å². The average Bonchev–Trinajstić information content (AvgIpc) is 3.16. The van der Waals surface area contributed by atoms with E-state index >= 15 is 0 Å². The number of nitrogens with zero attached hydrogens (tertiary/aromatic N) is 1. The van der Waals surface area contributed by atoms with Gasteiger partial charge in [-0.15, -0.1) is 23.1 Å². The van der Waals surface area contributed by atoms with Crippen molar-refractivity contribution in [2.45, 2.75) is 51.1 Å². The Bertz CT molecular complexity index is 886. The van der Waals surface area contributed by atoms with Gasteiger partial charge in [-0.25, -0.2) is 9.78 Å². The summed E-state index contributed by atoms with van der Waals surface area (Å²) in [6, 6.07) is 2.22. The van der Waals surface area contributed by atoms with Crippen LogP contribution in [0.5, 0.6) is 0 Å². The molecule has 0 amide bonds. The summed E-state index contributed by atoms with van der Waals surface area (Å²) in [6.45, 7) is 5.17. The molecule has 0 bridgehead atoms. The van der Waals surface area contributed by atoms with Crippen molar-refractivity contribution in [3.8, 4) is 10.6 Å². The lowest BCUT2D eigenvalue weighted by molar-refractivity contribution is 0.0696. The first-order chi connectivity index (χ1) is 12.4. The summed E-state index contributed by atoms with van der Waals surface area (Å²) in [7, 11) is 1.92. The zero-order valence-electron chi connectivity index (χ0n) is 15.4. The van der Waals surface area contributed by atoms with Crippen LogP contribution in [0.2, 0.25) is 0 Å². The Morgan fingerprint density at radius 1 is 1.38 bits per heavy atom. The Morgan fingerprint density at radius 2 is 2.19 bits per heavy atom. The van der Waals surface area contributed by atoms with Crippen LogP contribution in [0.3, 0.4) is 0 Å². The Balaban J connectivity index is 1.91. The average molecular weight is 389 g/mol. The summed E-state index contributed by atoms with van der Waals surface area (Å²) >= 11 is 3.43. The maximum atomic E-state index is 12.2. The first kappa shape index (κ1) is 18.0. The molecule has 2 aromatic rings. The van der Waals surface area contributed by atoms with E-state index in [-0.39, 0.29) is 5.41 Å². The Kier molecular flexibility index (Phi) is 4.61. The number of carboxylic acids is 1. The van der Waals surface area contributed by atoms with Crippen molar-refractivity contribution in [3.05, 3.63) is 33.2 Å². The number of nitrogens with one attached hydrogen (secondary N) is 1. The van der Waals surface area contributed by atoms with Crippen LogP contribution in [-0.2, 0) is 25.8 Å². The second kappa shape index (κ2) is 6.66. The Labute approximate surface area is 162 Å². The zero-order chi connectivity index (χ0) is 18.5. The lowest BCUT2D eigenvalue weighted by Gasteiger charge is -2.29. The Morgan fingerprint density at radius 3 is 2.92 bits per heavy atom. The van der Waals surface area contributed by atoms with Gasteiger partial charge in [-0.1, -0.05) is 13.8 Å². The van der Waals surface area contributed by atoms with E-state index in [2.05, 4.69) is 25.2 Å². The van der Waals surface area contributed by atoms with Crippen molar-refractivity contribution < 1.29 is 9.90 Å². The molecule has 0 aromatic carbocycles. The van der Waals surface area contributed by atoms with Gasteiger partial charge in [0.25, 0.3) is 0 Å². The quantitative estimate of drug-likeness (QED) is 0.813. The van der Waals surface area contributed by atoms with E-state index in [4.69, 9.17) is 4.98 Å². The Hall–Kier alpha value is -1.37. The summed E-state index contributed by atoms with van der Waals surface area (Å²) in [5.41, 5.74) is 4.95. The minimum Gasteiger partial charge on any atom is -0.478 e. The zero-order valence-corrected chi connectivity index (χ0v) is 17.1. The monoisotopic (exact) mass is 388 g/mol. The molecule has 0 saturated heterocycles. The highest BCUT2D eigenvalue weighted by Gasteiger charge is 2.34. The number of thioether (sulfide) groups is 1. The SMILES string of the molecule is CNCc1cc2c(nc1-c1sc3c(c1C(=O)O)CC(C)(C)CC3)SCC2. The molecule has 138 valence electrons. The summed E-state index contributed by atoms with van der Waals surface area (Å²) in [5.74, 6) is 0.242. The van der Waals surface area contributed by atoms with Crippen LogP contribution in [0.25, 0.3) is 10.6 Å². The molecule has 6 heteroatoms. The normalized spacial score (nSPS) is 17.8. The maximum absolute atomic E-state index is 12.2. The maximum Gasteiger partial charge on any atom is 0.337 e. The molecule has 2 N–H and O–H groups in total. The number of hydrogen-bond donors (Lipinski definition) is 2. The van der Waals surface area contributed by atoms with E-state index in [0.717, 1.165) is 58.2 Å². The number of pyridine rings is 1. The molecular weight excluding hydrogens is 364 g/mol. The minimum atomic E-state index is -0.819. The number of hydrogen-bond acceptors (Lipinski definition) is 5. The van der Waals surface area contributed by atoms with Crippen molar-refractivity contribution in [2.75, 3.05) is 12.8 Å². The van der Waals surface area contributed by atoms with Crippen LogP contribution in [0.4, 0.5) is 0 Å². The third-order valence-electron chi connectivity index (χ3n) is 5.32. The second-order valence-electron chi connectivity index (χ2n) is 7.94. The van der Waals surface area contributed by atoms with Crippen molar-refractivity contribution in [1.29, 1.82) is 0 Å². The molecule has 1 aliphatic carbocycles. The molecule has 0 unspecified atom stereocenters. The van der Waals surface area contributed by atoms with Gasteiger partial charge < -0.3 is 10.4 Å².